The van der Waals surface area contributed by atoms with Gasteiger partial charge in [0.25, 0.3) is 0 Å². The summed E-state index contributed by atoms with van der Waals surface area (Å²) >= 11 is 0. The first-order valence-electron chi connectivity index (χ1n) is 12.3. The van der Waals surface area contributed by atoms with E-state index in [2.05, 4.69) is 6.92 Å². The molecule has 5 heteroatoms. The fraction of sp³-hybridized carbons (Fsp3) is 1.00. The topological polar surface area (TPSA) is 57.2 Å². The zero-order valence-corrected chi connectivity index (χ0v) is 19.3. The first kappa shape index (κ1) is 26.8. The van der Waals surface area contributed by atoms with Crippen LogP contribution in [0.2, 0.25) is 0 Å². The fourth-order valence-electron chi connectivity index (χ4n) is 3.98. The summed E-state index contributed by atoms with van der Waals surface area (Å²) in [5.41, 5.74) is 0. The Morgan fingerprint density at radius 3 is 1.83 bits per heavy atom. The lowest BCUT2D eigenvalue weighted by molar-refractivity contribution is -0.168. The molecule has 0 saturated carbocycles. The van der Waals surface area contributed by atoms with Gasteiger partial charge in [0.1, 0.15) is 6.10 Å². The SMILES string of the molecule is CCCCCCCCCCCC1(CCCCCCOCC(CO)OC)OCCO1. The Bertz CT molecular complexity index is 340. The third-order valence-electron chi connectivity index (χ3n) is 5.91. The molecule has 0 aromatic carbocycles. The van der Waals surface area contributed by atoms with E-state index in [1.54, 1.807) is 7.11 Å². The van der Waals surface area contributed by atoms with Crippen LogP contribution in [0.4, 0.5) is 0 Å². The van der Waals surface area contributed by atoms with Crippen molar-refractivity contribution in [3.8, 4) is 0 Å². The van der Waals surface area contributed by atoms with Crippen molar-refractivity contribution < 1.29 is 24.1 Å². The highest BCUT2D eigenvalue weighted by Gasteiger charge is 2.35. The average molecular weight is 417 g/mol. The predicted octanol–water partition coefficient (Wildman–Crippen LogP) is 5.62. The van der Waals surface area contributed by atoms with Crippen LogP contribution in [0, 0.1) is 0 Å². The van der Waals surface area contributed by atoms with E-state index < -0.39 is 0 Å². The maximum absolute atomic E-state index is 9.04. The molecule has 0 aromatic heterocycles. The molecule has 174 valence electrons. The van der Waals surface area contributed by atoms with Gasteiger partial charge in [0.2, 0.25) is 0 Å². The molecule has 0 radical (unpaired) electrons. The number of unbranched alkanes of at least 4 members (excludes halogenated alkanes) is 11. The van der Waals surface area contributed by atoms with Crippen molar-refractivity contribution in [1.82, 2.24) is 0 Å². The Balaban J connectivity index is 2.00. The highest BCUT2D eigenvalue weighted by Crippen LogP contribution is 2.31. The highest BCUT2D eigenvalue weighted by atomic mass is 16.7. The Morgan fingerprint density at radius 2 is 1.31 bits per heavy atom. The highest BCUT2D eigenvalue weighted by molar-refractivity contribution is 4.74. The van der Waals surface area contributed by atoms with E-state index in [-0.39, 0.29) is 18.5 Å². The third-order valence-corrected chi connectivity index (χ3v) is 5.91. The van der Waals surface area contributed by atoms with Gasteiger partial charge in [0.15, 0.2) is 5.79 Å². The smallest absolute Gasteiger partial charge is 0.168 e. The summed E-state index contributed by atoms with van der Waals surface area (Å²) in [6.45, 7) is 4.98. The van der Waals surface area contributed by atoms with Crippen molar-refractivity contribution in [3.05, 3.63) is 0 Å². The van der Waals surface area contributed by atoms with Crippen molar-refractivity contribution >= 4 is 0 Å². The van der Waals surface area contributed by atoms with Crippen LogP contribution in [-0.2, 0) is 18.9 Å². The van der Waals surface area contributed by atoms with Gasteiger partial charge in [-0.2, -0.15) is 0 Å². The number of aliphatic hydroxyl groups is 1. The molecule has 0 amide bonds. The Hall–Kier alpha value is -0.200. The molecule has 0 spiro atoms. The van der Waals surface area contributed by atoms with Gasteiger partial charge < -0.3 is 24.1 Å². The minimum atomic E-state index is -0.301. The Morgan fingerprint density at radius 1 is 0.793 bits per heavy atom. The molecule has 1 unspecified atom stereocenters. The van der Waals surface area contributed by atoms with Crippen LogP contribution < -0.4 is 0 Å². The molecule has 1 rings (SSSR count). The van der Waals surface area contributed by atoms with Crippen LogP contribution in [-0.4, -0.2) is 57.1 Å². The van der Waals surface area contributed by atoms with Crippen molar-refractivity contribution in [2.24, 2.45) is 0 Å². The number of hydrogen-bond acceptors (Lipinski definition) is 5. The summed E-state index contributed by atoms with van der Waals surface area (Å²) < 4.78 is 22.7. The largest absolute Gasteiger partial charge is 0.394 e. The van der Waals surface area contributed by atoms with Gasteiger partial charge in [-0.05, 0) is 19.3 Å². The quantitative estimate of drug-likeness (QED) is 0.246. The molecule has 0 aromatic rings. The lowest BCUT2D eigenvalue weighted by Crippen LogP contribution is -2.30. The summed E-state index contributed by atoms with van der Waals surface area (Å²) in [4.78, 5) is 0. The van der Waals surface area contributed by atoms with Crippen LogP contribution >= 0.6 is 0 Å². The zero-order valence-electron chi connectivity index (χ0n) is 19.3. The fourth-order valence-corrected chi connectivity index (χ4v) is 3.98. The lowest BCUT2D eigenvalue weighted by atomic mass is 9.99. The van der Waals surface area contributed by atoms with Crippen molar-refractivity contribution in [2.75, 3.05) is 40.1 Å². The first-order chi connectivity index (χ1) is 14.3. The molecule has 1 aliphatic heterocycles. The van der Waals surface area contributed by atoms with Gasteiger partial charge in [0.05, 0.1) is 26.4 Å². The van der Waals surface area contributed by atoms with Gasteiger partial charge in [-0.15, -0.1) is 0 Å². The molecule has 1 fully saturated rings. The molecule has 1 heterocycles. The predicted molar refractivity (Wildman–Crippen MR) is 118 cm³/mol. The molecular weight excluding hydrogens is 368 g/mol. The molecule has 0 bridgehead atoms. The first-order valence-corrected chi connectivity index (χ1v) is 12.3. The minimum absolute atomic E-state index is 0.0114. The van der Waals surface area contributed by atoms with E-state index in [1.165, 1.54) is 64.2 Å². The number of rotatable bonds is 21. The van der Waals surface area contributed by atoms with E-state index in [0.29, 0.717) is 6.61 Å². The van der Waals surface area contributed by atoms with Crippen LogP contribution in [0.25, 0.3) is 0 Å². The normalized spacial score (nSPS) is 17.1. The van der Waals surface area contributed by atoms with Crippen molar-refractivity contribution in [3.63, 3.8) is 0 Å². The van der Waals surface area contributed by atoms with E-state index in [4.69, 9.17) is 24.1 Å². The number of ether oxygens (including phenoxy) is 4. The maximum atomic E-state index is 9.04. The molecule has 1 atom stereocenters. The number of aliphatic hydroxyl groups excluding tert-OH is 1. The second-order valence-electron chi connectivity index (χ2n) is 8.47. The minimum Gasteiger partial charge on any atom is -0.394 e. The van der Waals surface area contributed by atoms with Gasteiger partial charge in [-0.1, -0.05) is 71.1 Å². The number of methoxy groups -OCH3 is 1. The van der Waals surface area contributed by atoms with E-state index in [1.807, 2.05) is 0 Å². The van der Waals surface area contributed by atoms with Crippen molar-refractivity contribution in [1.29, 1.82) is 0 Å². The van der Waals surface area contributed by atoms with E-state index in [9.17, 15) is 0 Å². The lowest BCUT2D eigenvalue weighted by Gasteiger charge is -2.27. The molecule has 1 saturated heterocycles. The summed E-state index contributed by atoms with van der Waals surface area (Å²) in [7, 11) is 1.60. The Kier molecular flexibility index (Phi) is 17.2. The summed E-state index contributed by atoms with van der Waals surface area (Å²) in [6, 6.07) is 0. The van der Waals surface area contributed by atoms with Gasteiger partial charge in [0, 0.05) is 26.6 Å². The van der Waals surface area contributed by atoms with Gasteiger partial charge >= 0.3 is 0 Å². The third kappa shape index (κ3) is 13.7. The van der Waals surface area contributed by atoms with Crippen LogP contribution in [0.15, 0.2) is 0 Å². The van der Waals surface area contributed by atoms with Gasteiger partial charge in [-0.3, -0.25) is 0 Å². The summed E-state index contributed by atoms with van der Waals surface area (Å²) in [5.74, 6) is -0.301. The maximum Gasteiger partial charge on any atom is 0.168 e. The summed E-state index contributed by atoms with van der Waals surface area (Å²) in [6.07, 6.45) is 18.6. The van der Waals surface area contributed by atoms with Crippen molar-refractivity contribution in [2.45, 2.75) is 115 Å². The summed E-state index contributed by atoms with van der Waals surface area (Å²) in [5, 5.41) is 9.04. The van der Waals surface area contributed by atoms with E-state index in [0.717, 1.165) is 51.9 Å². The average Bonchev–Trinajstić information content (AvgIpc) is 3.20. The van der Waals surface area contributed by atoms with Crippen LogP contribution in [0.1, 0.15) is 103 Å². The molecule has 1 aliphatic rings. The zero-order chi connectivity index (χ0) is 21.0. The molecule has 5 nitrogen and oxygen atoms in total. The molecule has 29 heavy (non-hydrogen) atoms. The standard InChI is InChI=1S/C24H48O5/c1-3-4-5-6-7-8-9-10-13-16-24(28-19-20-29-24)17-14-11-12-15-18-27-22-23(21-25)26-2/h23,25H,3-22H2,1-2H3. The Labute approximate surface area is 179 Å². The molecule has 1 N–H and O–H groups in total. The monoisotopic (exact) mass is 416 g/mol. The van der Waals surface area contributed by atoms with Crippen LogP contribution in [0.3, 0.4) is 0 Å². The number of hydrogen-bond donors (Lipinski definition) is 1. The molecule has 0 aliphatic carbocycles. The second kappa shape index (κ2) is 18.6. The second-order valence-corrected chi connectivity index (χ2v) is 8.47. The van der Waals surface area contributed by atoms with Crippen LogP contribution in [0.5, 0.6) is 0 Å². The van der Waals surface area contributed by atoms with E-state index >= 15 is 0 Å². The van der Waals surface area contributed by atoms with Gasteiger partial charge in [-0.25, -0.2) is 0 Å². The molecular formula is C24H48O5.